The first-order chi connectivity index (χ1) is 15.4. The quantitative estimate of drug-likeness (QED) is 0.260. The van der Waals surface area contributed by atoms with Crippen molar-refractivity contribution in [2.24, 2.45) is 0 Å². The highest BCUT2D eigenvalue weighted by Gasteiger charge is 2.21. The van der Waals surface area contributed by atoms with E-state index in [0.29, 0.717) is 17.8 Å². The largest absolute Gasteiger partial charge is 0.488 e. The van der Waals surface area contributed by atoms with E-state index in [4.69, 9.17) is 14.3 Å². The van der Waals surface area contributed by atoms with Crippen LogP contribution in [0.2, 0.25) is 0 Å². The standard InChI is InChI=1S/C26H27NO5/c1-26(2,3)32-27(19-28)22-14-15-24(30-17-20-10-6-4-7-11-20)23(16-22)25(29)31-18-21-12-8-5-9-13-21/h4-16,19H,17-18H2,1-3H3. The van der Waals surface area contributed by atoms with Gasteiger partial charge in [-0.2, -0.15) is 5.06 Å². The molecular weight excluding hydrogens is 406 g/mol. The Hall–Kier alpha value is -3.64. The highest BCUT2D eigenvalue weighted by molar-refractivity contribution is 5.94. The molecule has 0 aliphatic heterocycles. The lowest BCUT2D eigenvalue weighted by Gasteiger charge is -2.27. The van der Waals surface area contributed by atoms with Crippen molar-refractivity contribution >= 4 is 18.1 Å². The van der Waals surface area contributed by atoms with Gasteiger partial charge in [0.15, 0.2) is 0 Å². The Morgan fingerprint density at radius 3 is 2.03 bits per heavy atom. The lowest BCUT2D eigenvalue weighted by atomic mass is 10.1. The van der Waals surface area contributed by atoms with Gasteiger partial charge in [0, 0.05) is 0 Å². The van der Waals surface area contributed by atoms with Crippen LogP contribution in [-0.2, 0) is 27.6 Å². The third-order valence-electron chi connectivity index (χ3n) is 4.36. The van der Waals surface area contributed by atoms with E-state index in [2.05, 4.69) is 0 Å². The van der Waals surface area contributed by atoms with Crippen molar-refractivity contribution < 1.29 is 23.9 Å². The maximum absolute atomic E-state index is 12.9. The number of anilines is 1. The molecule has 3 aromatic rings. The van der Waals surface area contributed by atoms with Crippen molar-refractivity contribution in [1.82, 2.24) is 0 Å². The van der Waals surface area contributed by atoms with E-state index in [1.165, 1.54) is 6.07 Å². The number of hydrogen-bond donors (Lipinski definition) is 0. The molecule has 1 amide bonds. The van der Waals surface area contributed by atoms with Crippen LogP contribution in [0.1, 0.15) is 42.3 Å². The number of rotatable bonds is 9. The molecule has 0 radical (unpaired) electrons. The zero-order valence-corrected chi connectivity index (χ0v) is 18.5. The van der Waals surface area contributed by atoms with E-state index < -0.39 is 11.6 Å². The van der Waals surface area contributed by atoms with Crippen molar-refractivity contribution in [3.63, 3.8) is 0 Å². The number of carbonyl (C=O) groups is 2. The highest BCUT2D eigenvalue weighted by atomic mass is 16.7. The molecule has 6 heteroatoms. The van der Waals surface area contributed by atoms with Gasteiger partial charge in [0.2, 0.25) is 6.41 Å². The van der Waals surface area contributed by atoms with Crippen LogP contribution in [0.3, 0.4) is 0 Å². The monoisotopic (exact) mass is 433 g/mol. The number of benzene rings is 3. The highest BCUT2D eigenvalue weighted by Crippen LogP contribution is 2.28. The maximum atomic E-state index is 12.9. The lowest BCUT2D eigenvalue weighted by Crippen LogP contribution is -2.33. The average Bonchev–Trinajstić information content (AvgIpc) is 2.80. The second-order valence-electron chi connectivity index (χ2n) is 8.15. The number of hydroxylamine groups is 1. The molecule has 166 valence electrons. The van der Waals surface area contributed by atoms with Gasteiger partial charge in [-0.05, 0) is 50.1 Å². The predicted molar refractivity (Wildman–Crippen MR) is 122 cm³/mol. The number of ether oxygens (including phenoxy) is 2. The van der Waals surface area contributed by atoms with Crippen LogP contribution in [0.4, 0.5) is 5.69 Å². The molecule has 3 aromatic carbocycles. The van der Waals surface area contributed by atoms with Crippen molar-refractivity contribution in [2.75, 3.05) is 5.06 Å². The minimum atomic E-state index is -0.600. The normalized spacial score (nSPS) is 11.0. The van der Waals surface area contributed by atoms with Crippen molar-refractivity contribution in [3.8, 4) is 5.75 Å². The number of carbonyl (C=O) groups excluding carboxylic acids is 2. The Morgan fingerprint density at radius 1 is 0.875 bits per heavy atom. The fourth-order valence-electron chi connectivity index (χ4n) is 2.91. The average molecular weight is 434 g/mol. The van der Waals surface area contributed by atoms with E-state index in [9.17, 15) is 9.59 Å². The SMILES string of the molecule is CC(C)(C)ON(C=O)c1ccc(OCc2ccccc2)c(C(=O)OCc2ccccc2)c1. The minimum Gasteiger partial charge on any atom is -0.488 e. The summed E-state index contributed by atoms with van der Waals surface area (Å²) in [5.74, 6) is -0.197. The molecule has 0 spiro atoms. The van der Waals surface area contributed by atoms with Crippen molar-refractivity contribution in [2.45, 2.75) is 39.6 Å². The molecule has 0 heterocycles. The summed E-state index contributed by atoms with van der Waals surface area (Å²) in [6.45, 7) is 5.90. The summed E-state index contributed by atoms with van der Waals surface area (Å²) in [4.78, 5) is 30.3. The second-order valence-corrected chi connectivity index (χ2v) is 8.15. The molecule has 6 nitrogen and oxygen atoms in total. The fraction of sp³-hybridized carbons (Fsp3) is 0.231. The van der Waals surface area contributed by atoms with Gasteiger partial charge in [0.05, 0.1) is 11.3 Å². The topological polar surface area (TPSA) is 65.1 Å². The van der Waals surface area contributed by atoms with Gasteiger partial charge in [-0.1, -0.05) is 60.7 Å². The first-order valence-corrected chi connectivity index (χ1v) is 10.3. The van der Waals surface area contributed by atoms with E-state index in [-0.39, 0.29) is 18.8 Å². The van der Waals surface area contributed by atoms with Gasteiger partial charge in [-0.3, -0.25) is 9.63 Å². The first-order valence-electron chi connectivity index (χ1n) is 10.3. The Balaban J connectivity index is 1.85. The van der Waals surface area contributed by atoms with Crippen LogP contribution < -0.4 is 9.80 Å². The molecule has 3 rings (SSSR count). The summed E-state index contributed by atoms with van der Waals surface area (Å²) in [5.41, 5.74) is 1.84. The molecule has 0 N–H and O–H groups in total. The fourth-order valence-corrected chi connectivity index (χ4v) is 2.91. The number of hydrogen-bond acceptors (Lipinski definition) is 5. The van der Waals surface area contributed by atoms with E-state index in [1.807, 2.05) is 81.4 Å². The Labute approximate surface area is 188 Å². The molecule has 0 unspecified atom stereocenters. The number of amides is 1. The van der Waals surface area contributed by atoms with Crippen LogP contribution >= 0.6 is 0 Å². The summed E-state index contributed by atoms with van der Waals surface area (Å²) in [6.07, 6.45) is 0.560. The third-order valence-corrected chi connectivity index (χ3v) is 4.36. The van der Waals surface area contributed by atoms with Crippen LogP contribution in [0, 0.1) is 0 Å². The van der Waals surface area contributed by atoms with E-state index in [1.54, 1.807) is 12.1 Å². The van der Waals surface area contributed by atoms with Crippen LogP contribution in [0.25, 0.3) is 0 Å². The molecule has 0 atom stereocenters. The van der Waals surface area contributed by atoms with Gasteiger partial charge >= 0.3 is 5.97 Å². The zero-order chi connectivity index (χ0) is 23.0. The Kier molecular flexibility index (Phi) is 7.63. The summed E-state index contributed by atoms with van der Waals surface area (Å²) in [5, 5.41) is 1.09. The van der Waals surface area contributed by atoms with E-state index >= 15 is 0 Å². The van der Waals surface area contributed by atoms with Gasteiger partial charge in [-0.25, -0.2) is 4.79 Å². The van der Waals surface area contributed by atoms with Gasteiger partial charge < -0.3 is 9.47 Å². The Morgan fingerprint density at radius 2 is 1.47 bits per heavy atom. The van der Waals surface area contributed by atoms with Crippen LogP contribution in [-0.4, -0.2) is 18.0 Å². The molecule has 0 bridgehead atoms. The van der Waals surface area contributed by atoms with Crippen molar-refractivity contribution in [1.29, 1.82) is 0 Å². The smallest absolute Gasteiger partial charge is 0.342 e. The lowest BCUT2D eigenvalue weighted by molar-refractivity contribution is -0.120. The second kappa shape index (κ2) is 10.6. The Bertz CT molecular complexity index is 1030. The van der Waals surface area contributed by atoms with Crippen LogP contribution in [0.15, 0.2) is 78.9 Å². The van der Waals surface area contributed by atoms with Gasteiger partial charge in [-0.15, -0.1) is 0 Å². The van der Waals surface area contributed by atoms with Crippen LogP contribution in [0.5, 0.6) is 5.75 Å². The number of nitrogens with zero attached hydrogens (tertiary/aromatic N) is 1. The summed E-state index contributed by atoms with van der Waals surface area (Å²) >= 11 is 0. The summed E-state index contributed by atoms with van der Waals surface area (Å²) < 4.78 is 11.4. The number of esters is 1. The molecule has 0 aliphatic carbocycles. The van der Waals surface area contributed by atoms with Gasteiger partial charge in [0.1, 0.15) is 24.5 Å². The maximum Gasteiger partial charge on any atom is 0.342 e. The summed E-state index contributed by atoms with van der Waals surface area (Å²) in [7, 11) is 0. The molecule has 0 aliphatic rings. The summed E-state index contributed by atoms with van der Waals surface area (Å²) in [6, 6.07) is 23.9. The molecule has 0 saturated heterocycles. The first kappa shape index (κ1) is 23.0. The molecule has 0 saturated carbocycles. The third kappa shape index (κ3) is 6.68. The predicted octanol–water partition coefficient (Wildman–Crippen LogP) is 5.32. The zero-order valence-electron chi connectivity index (χ0n) is 18.5. The van der Waals surface area contributed by atoms with Gasteiger partial charge in [0.25, 0.3) is 0 Å². The molecule has 32 heavy (non-hydrogen) atoms. The molecule has 0 fully saturated rings. The molecule has 0 aromatic heterocycles. The minimum absolute atomic E-state index is 0.123. The molecular formula is C26H27NO5. The van der Waals surface area contributed by atoms with E-state index in [0.717, 1.165) is 16.2 Å². The van der Waals surface area contributed by atoms with Crippen molar-refractivity contribution in [3.05, 3.63) is 95.6 Å².